The quantitative estimate of drug-likeness (QED) is 0.359. The molecule has 0 aromatic rings. The molecule has 0 radical (unpaired) electrons. The van der Waals surface area contributed by atoms with E-state index in [0.29, 0.717) is 0 Å². The van der Waals surface area contributed by atoms with Gasteiger partial charge in [-0.1, -0.05) is 51.6 Å². The van der Waals surface area contributed by atoms with Crippen molar-refractivity contribution in [1.82, 2.24) is 10.2 Å². The van der Waals surface area contributed by atoms with Gasteiger partial charge in [0.2, 0.25) is 0 Å². The van der Waals surface area contributed by atoms with Gasteiger partial charge in [-0.05, 0) is 38.9 Å². The van der Waals surface area contributed by atoms with Crippen molar-refractivity contribution in [2.75, 3.05) is 32.7 Å². The predicted octanol–water partition coefficient (Wildman–Crippen LogP) is 4.28. The molecular weight excluding hydrogens is 274 g/mol. The summed E-state index contributed by atoms with van der Waals surface area (Å²) in [5.74, 6) is 0. The van der Waals surface area contributed by atoms with Gasteiger partial charge < -0.3 is 15.4 Å². The molecule has 0 aromatic heterocycles. The molecule has 1 aliphatic heterocycles. The number of piperidine rings is 1. The second-order valence-corrected chi connectivity index (χ2v) is 6.17. The van der Waals surface area contributed by atoms with Crippen LogP contribution in [0, 0.1) is 0 Å². The lowest BCUT2D eigenvalue weighted by atomic mass is 10.1. The van der Waals surface area contributed by atoms with E-state index in [2.05, 4.69) is 36.1 Å². The third-order valence-corrected chi connectivity index (χ3v) is 4.07. The summed E-state index contributed by atoms with van der Waals surface area (Å²) < 4.78 is 0. The molecular formula is C18H39N3O. The zero-order chi connectivity index (χ0) is 16.5. The highest BCUT2D eigenvalue weighted by molar-refractivity contribution is 5.84. The minimum atomic E-state index is 0.947. The Morgan fingerprint density at radius 1 is 0.909 bits per heavy atom. The molecule has 0 aromatic carbocycles. The number of unbranched alkanes of at least 4 members (excludes halogenated alkanes) is 4. The van der Waals surface area contributed by atoms with E-state index in [1.54, 1.807) is 0 Å². The van der Waals surface area contributed by atoms with Gasteiger partial charge in [0.1, 0.15) is 0 Å². The van der Waals surface area contributed by atoms with Crippen molar-refractivity contribution in [2.24, 2.45) is 5.16 Å². The average Bonchev–Trinajstić information content (AvgIpc) is 2.56. The summed E-state index contributed by atoms with van der Waals surface area (Å²) in [7, 11) is 0. The first-order valence-corrected chi connectivity index (χ1v) is 9.41. The molecule has 0 saturated carbocycles. The summed E-state index contributed by atoms with van der Waals surface area (Å²) >= 11 is 0. The fraction of sp³-hybridized carbons (Fsp3) is 0.944. The molecule has 1 fully saturated rings. The zero-order valence-corrected chi connectivity index (χ0v) is 15.2. The lowest BCUT2D eigenvalue weighted by molar-refractivity contribution is 0.258. The molecule has 0 atom stereocenters. The fourth-order valence-corrected chi connectivity index (χ4v) is 2.45. The first-order chi connectivity index (χ1) is 10.8. The van der Waals surface area contributed by atoms with Crippen LogP contribution >= 0.6 is 0 Å². The highest BCUT2D eigenvalue weighted by atomic mass is 16.4. The predicted molar refractivity (Wildman–Crippen MR) is 97.1 cm³/mol. The van der Waals surface area contributed by atoms with E-state index in [9.17, 15) is 0 Å². The van der Waals surface area contributed by atoms with E-state index in [-0.39, 0.29) is 0 Å². The van der Waals surface area contributed by atoms with Crippen LogP contribution in [0.2, 0.25) is 0 Å². The highest BCUT2D eigenvalue weighted by Gasteiger charge is 2.14. The number of nitrogens with one attached hydrogen (secondary N) is 1. The molecule has 4 nitrogen and oxygen atoms in total. The first kappa shape index (κ1) is 21.4. The molecule has 1 heterocycles. The molecule has 0 amide bonds. The molecule has 0 bridgehead atoms. The Hall–Kier alpha value is -0.610. The second kappa shape index (κ2) is 16.8. The normalized spacial score (nSPS) is 15.3. The molecule has 0 spiro atoms. The standard InChI is InChI=1S/C10H20N2O.C8H19N/c1-2-3-4-7-12-8-5-10(11-13)6-9-12;1-3-5-7-9-8-6-4-2/h13H,2-9H2,1H3;9H,3-8H2,1-2H3. The molecule has 1 rings (SSSR count). The Morgan fingerprint density at radius 3 is 1.91 bits per heavy atom. The Bertz CT molecular complexity index is 241. The van der Waals surface area contributed by atoms with Crippen LogP contribution in [0.4, 0.5) is 0 Å². The minimum absolute atomic E-state index is 0.947. The number of hydrogen-bond donors (Lipinski definition) is 2. The molecule has 2 N–H and O–H groups in total. The van der Waals surface area contributed by atoms with Gasteiger partial charge in [0.25, 0.3) is 0 Å². The van der Waals surface area contributed by atoms with Gasteiger partial charge in [0.05, 0.1) is 5.71 Å². The first-order valence-electron chi connectivity index (χ1n) is 9.41. The summed E-state index contributed by atoms with van der Waals surface area (Å²) in [6.45, 7) is 12.4. The van der Waals surface area contributed by atoms with Gasteiger partial charge in [-0.15, -0.1) is 0 Å². The maximum atomic E-state index is 8.56. The van der Waals surface area contributed by atoms with Crippen LogP contribution in [0.25, 0.3) is 0 Å². The largest absolute Gasteiger partial charge is 0.411 e. The van der Waals surface area contributed by atoms with Crippen LogP contribution in [0.5, 0.6) is 0 Å². The number of likely N-dealkylation sites (tertiary alicyclic amines) is 1. The number of rotatable bonds is 10. The minimum Gasteiger partial charge on any atom is -0.411 e. The fourth-order valence-electron chi connectivity index (χ4n) is 2.45. The van der Waals surface area contributed by atoms with E-state index in [4.69, 9.17) is 5.21 Å². The van der Waals surface area contributed by atoms with Crippen LogP contribution in [-0.2, 0) is 0 Å². The highest BCUT2D eigenvalue weighted by Crippen LogP contribution is 2.08. The van der Waals surface area contributed by atoms with E-state index < -0.39 is 0 Å². The maximum Gasteiger partial charge on any atom is 0.0596 e. The van der Waals surface area contributed by atoms with Crippen LogP contribution in [0.15, 0.2) is 5.16 Å². The SMILES string of the molecule is CCCCCN1CCC(=NO)CC1.CCCCNCCCC. The molecule has 0 aliphatic carbocycles. The summed E-state index contributed by atoms with van der Waals surface area (Å²) in [5.41, 5.74) is 0.965. The molecule has 132 valence electrons. The number of nitrogens with zero attached hydrogens (tertiary/aromatic N) is 2. The van der Waals surface area contributed by atoms with Gasteiger partial charge in [-0.2, -0.15) is 0 Å². The molecule has 22 heavy (non-hydrogen) atoms. The Kier molecular flexibility index (Phi) is 16.3. The summed E-state index contributed by atoms with van der Waals surface area (Å²) in [6, 6.07) is 0. The van der Waals surface area contributed by atoms with Crippen LogP contribution in [0.1, 0.15) is 78.6 Å². The van der Waals surface area contributed by atoms with Crippen molar-refractivity contribution in [2.45, 2.75) is 78.6 Å². The van der Waals surface area contributed by atoms with E-state index in [1.807, 2.05) is 0 Å². The van der Waals surface area contributed by atoms with Crippen molar-refractivity contribution in [1.29, 1.82) is 0 Å². The Labute approximate surface area is 138 Å². The van der Waals surface area contributed by atoms with E-state index >= 15 is 0 Å². The third kappa shape index (κ3) is 13.1. The topological polar surface area (TPSA) is 47.9 Å². The Morgan fingerprint density at radius 2 is 1.45 bits per heavy atom. The lowest BCUT2D eigenvalue weighted by Crippen LogP contribution is -2.34. The monoisotopic (exact) mass is 313 g/mol. The van der Waals surface area contributed by atoms with Gasteiger partial charge in [-0.25, -0.2) is 0 Å². The van der Waals surface area contributed by atoms with Crippen LogP contribution in [0.3, 0.4) is 0 Å². The van der Waals surface area contributed by atoms with Crippen molar-refractivity contribution >= 4 is 5.71 Å². The van der Waals surface area contributed by atoms with Crippen molar-refractivity contribution < 1.29 is 5.21 Å². The van der Waals surface area contributed by atoms with Crippen molar-refractivity contribution in [3.8, 4) is 0 Å². The van der Waals surface area contributed by atoms with E-state index in [0.717, 1.165) is 31.6 Å². The van der Waals surface area contributed by atoms with Crippen LogP contribution < -0.4 is 5.32 Å². The van der Waals surface area contributed by atoms with E-state index in [1.165, 1.54) is 64.6 Å². The van der Waals surface area contributed by atoms with Crippen molar-refractivity contribution in [3.05, 3.63) is 0 Å². The summed E-state index contributed by atoms with van der Waals surface area (Å²) in [6.07, 6.45) is 11.1. The molecule has 1 aliphatic rings. The smallest absolute Gasteiger partial charge is 0.0596 e. The summed E-state index contributed by atoms with van der Waals surface area (Å²) in [4.78, 5) is 2.46. The number of hydrogen-bond acceptors (Lipinski definition) is 4. The third-order valence-electron chi connectivity index (χ3n) is 4.07. The lowest BCUT2D eigenvalue weighted by Gasteiger charge is -2.26. The van der Waals surface area contributed by atoms with Gasteiger partial charge >= 0.3 is 0 Å². The van der Waals surface area contributed by atoms with Gasteiger partial charge in [0.15, 0.2) is 0 Å². The Balaban J connectivity index is 0.000000433. The maximum absolute atomic E-state index is 8.56. The number of oxime groups is 1. The molecule has 0 unspecified atom stereocenters. The molecule has 1 saturated heterocycles. The van der Waals surface area contributed by atoms with Crippen molar-refractivity contribution in [3.63, 3.8) is 0 Å². The second-order valence-electron chi connectivity index (χ2n) is 6.17. The molecule has 4 heteroatoms. The zero-order valence-electron chi connectivity index (χ0n) is 15.2. The van der Waals surface area contributed by atoms with Gasteiger partial charge in [0, 0.05) is 25.9 Å². The van der Waals surface area contributed by atoms with Gasteiger partial charge in [-0.3, -0.25) is 0 Å². The van der Waals surface area contributed by atoms with Crippen LogP contribution in [-0.4, -0.2) is 48.5 Å². The summed E-state index contributed by atoms with van der Waals surface area (Å²) in [5, 5.41) is 15.2. The average molecular weight is 314 g/mol.